The Hall–Kier alpha value is -1.96. The van der Waals surface area contributed by atoms with Gasteiger partial charge in [0.2, 0.25) is 0 Å². The van der Waals surface area contributed by atoms with Gasteiger partial charge in [-0.05, 0) is 18.6 Å². The second-order valence-electron chi connectivity index (χ2n) is 6.08. The maximum absolute atomic E-state index is 11.9. The zero-order valence-electron chi connectivity index (χ0n) is 15.1. The van der Waals surface area contributed by atoms with Gasteiger partial charge in [0, 0.05) is 7.05 Å². The zero-order chi connectivity index (χ0) is 17.6. The highest BCUT2D eigenvalue weighted by atomic mass is 16.5. The van der Waals surface area contributed by atoms with Gasteiger partial charge in [-0.3, -0.25) is 0 Å². The van der Waals surface area contributed by atoms with Gasteiger partial charge in [0.25, 0.3) is 0 Å². The third kappa shape index (κ3) is 8.05. The summed E-state index contributed by atoms with van der Waals surface area (Å²) in [5.41, 5.74) is 0.00552. The van der Waals surface area contributed by atoms with Crippen LogP contribution < -0.4 is 0 Å². The summed E-state index contributed by atoms with van der Waals surface area (Å²) in [5.74, 6) is 0.108. The van der Waals surface area contributed by atoms with Crippen molar-refractivity contribution in [1.29, 1.82) is 5.26 Å². The average molecular weight is 334 g/mol. The lowest BCUT2D eigenvalue weighted by Gasteiger charge is -2.08. The van der Waals surface area contributed by atoms with Crippen LogP contribution >= 0.6 is 0 Å². The molecular weight excluding hydrogens is 304 g/mol. The first-order chi connectivity index (χ1) is 11.7. The predicted molar refractivity (Wildman–Crippen MR) is 93.9 cm³/mol. The standard InChI is InChI=1S/C19H30N2O3/c1-3-4-5-6-7-8-9-10-14-24-19(22)17(16-20)11-12-18-21(2)13-15-23-18/h11-12H,3-10,13-15H2,1-2H3/b17-11+,18-12-. The first kappa shape index (κ1) is 20.1. The molecule has 0 atom stereocenters. The van der Waals surface area contributed by atoms with Crippen molar-refractivity contribution in [1.82, 2.24) is 4.90 Å². The molecule has 0 spiro atoms. The average Bonchev–Trinajstić information content (AvgIpc) is 2.99. The highest BCUT2D eigenvalue weighted by molar-refractivity contribution is 5.93. The van der Waals surface area contributed by atoms with Crippen molar-refractivity contribution in [2.45, 2.75) is 58.3 Å². The minimum atomic E-state index is -0.557. The molecule has 1 fully saturated rings. The molecule has 0 N–H and O–H groups in total. The Labute approximate surface area is 145 Å². The molecule has 1 aliphatic rings. The molecular formula is C19H30N2O3. The van der Waals surface area contributed by atoms with Gasteiger partial charge in [0.05, 0.1) is 13.2 Å². The van der Waals surface area contributed by atoms with Crippen LogP contribution in [0.5, 0.6) is 0 Å². The molecule has 5 nitrogen and oxygen atoms in total. The first-order valence-electron chi connectivity index (χ1n) is 9.02. The van der Waals surface area contributed by atoms with E-state index in [1.54, 1.807) is 6.08 Å². The summed E-state index contributed by atoms with van der Waals surface area (Å²) in [6.45, 7) is 4.03. The highest BCUT2D eigenvalue weighted by Crippen LogP contribution is 2.12. The molecule has 1 heterocycles. The van der Waals surface area contributed by atoms with E-state index in [-0.39, 0.29) is 5.57 Å². The molecule has 0 radical (unpaired) electrons. The lowest BCUT2D eigenvalue weighted by atomic mass is 10.1. The number of hydrogen-bond donors (Lipinski definition) is 0. The summed E-state index contributed by atoms with van der Waals surface area (Å²) in [6, 6.07) is 1.89. The van der Waals surface area contributed by atoms with E-state index in [0.29, 0.717) is 19.1 Å². The molecule has 0 amide bonds. The molecule has 0 aromatic carbocycles. The van der Waals surface area contributed by atoms with E-state index in [4.69, 9.17) is 14.7 Å². The van der Waals surface area contributed by atoms with Gasteiger partial charge in [-0.2, -0.15) is 5.26 Å². The third-order valence-corrected chi connectivity index (χ3v) is 4.02. The fraction of sp³-hybridized carbons (Fsp3) is 0.684. The maximum Gasteiger partial charge on any atom is 0.348 e. The Balaban J connectivity index is 2.20. The van der Waals surface area contributed by atoms with Crippen LogP contribution in [0.3, 0.4) is 0 Å². The van der Waals surface area contributed by atoms with E-state index >= 15 is 0 Å². The maximum atomic E-state index is 11.9. The summed E-state index contributed by atoms with van der Waals surface area (Å²) >= 11 is 0. The normalized spacial score (nSPS) is 16.1. The fourth-order valence-electron chi connectivity index (χ4n) is 2.47. The fourth-order valence-corrected chi connectivity index (χ4v) is 2.47. The summed E-state index contributed by atoms with van der Waals surface area (Å²) in [4.78, 5) is 13.8. The van der Waals surface area contributed by atoms with Gasteiger partial charge in [0.1, 0.15) is 18.2 Å². The summed E-state index contributed by atoms with van der Waals surface area (Å²) in [5, 5.41) is 9.08. The van der Waals surface area contributed by atoms with Gasteiger partial charge < -0.3 is 14.4 Å². The lowest BCUT2D eigenvalue weighted by Crippen LogP contribution is -2.11. The molecule has 0 bridgehead atoms. The smallest absolute Gasteiger partial charge is 0.348 e. The number of hydrogen-bond acceptors (Lipinski definition) is 5. The van der Waals surface area contributed by atoms with Gasteiger partial charge >= 0.3 is 5.97 Å². The van der Waals surface area contributed by atoms with E-state index in [2.05, 4.69) is 6.92 Å². The molecule has 0 saturated carbocycles. The molecule has 5 heteroatoms. The largest absolute Gasteiger partial charge is 0.477 e. The number of likely N-dealkylation sites (N-methyl/N-ethyl adjacent to an activating group) is 1. The van der Waals surface area contributed by atoms with Crippen molar-refractivity contribution in [3.05, 3.63) is 23.6 Å². The van der Waals surface area contributed by atoms with E-state index in [9.17, 15) is 4.79 Å². The van der Waals surface area contributed by atoms with Gasteiger partial charge in [0.15, 0.2) is 5.88 Å². The number of carbonyl (C=O) groups excluding carboxylic acids is 1. The number of allylic oxidation sites excluding steroid dienone is 2. The minimum Gasteiger partial charge on any atom is -0.477 e. The van der Waals surface area contributed by atoms with Crippen LogP contribution in [0.1, 0.15) is 58.3 Å². The van der Waals surface area contributed by atoms with E-state index in [1.165, 1.54) is 44.6 Å². The van der Waals surface area contributed by atoms with Crippen LogP contribution in [-0.2, 0) is 14.3 Å². The van der Waals surface area contributed by atoms with Crippen molar-refractivity contribution in [3.63, 3.8) is 0 Å². The van der Waals surface area contributed by atoms with Gasteiger partial charge in [-0.1, -0.05) is 51.9 Å². The van der Waals surface area contributed by atoms with Gasteiger partial charge in [-0.25, -0.2) is 4.79 Å². The molecule has 0 aromatic heterocycles. The summed E-state index contributed by atoms with van der Waals surface area (Å²) < 4.78 is 10.6. The van der Waals surface area contributed by atoms with Crippen LogP contribution in [0.15, 0.2) is 23.6 Å². The van der Waals surface area contributed by atoms with Crippen LogP contribution in [0.25, 0.3) is 0 Å². The molecule has 134 valence electrons. The molecule has 1 saturated heterocycles. The Morgan fingerprint density at radius 3 is 2.50 bits per heavy atom. The predicted octanol–water partition coefficient (Wildman–Crippen LogP) is 3.92. The number of unbranched alkanes of at least 4 members (excludes halogenated alkanes) is 7. The molecule has 1 rings (SSSR count). The van der Waals surface area contributed by atoms with Crippen LogP contribution in [0.4, 0.5) is 0 Å². The molecule has 0 unspecified atom stereocenters. The van der Waals surface area contributed by atoms with Crippen molar-refractivity contribution >= 4 is 5.97 Å². The van der Waals surface area contributed by atoms with E-state index < -0.39 is 5.97 Å². The van der Waals surface area contributed by atoms with E-state index in [1.807, 2.05) is 18.0 Å². The number of ether oxygens (including phenoxy) is 2. The number of esters is 1. The first-order valence-corrected chi connectivity index (χ1v) is 9.02. The van der Waals surface area contributed by atoms with Crippen LogP contribution in [-0.4, -0.2) is 37.7 Å². The minimum absolute atomic E-state index is 0.00552. The third-order valence-electron chi connectivity index (χ3n) is 4.02. The van der Waals surface area contributed by atoms with Crippen molar-refractivity contribution in [2.75, 3.05) is 26.8 Å². The molecule has 0 aromatic rings. The number of carbonyl (C=O) groups is 1. The zero-order valence-corrected chi connectivity index (χ0v) is 15.1. The molecule has 1 aliphatic heterocycles. The van der Waals surface area contributed by atoms with Crippen LogP contribution in [0.2, 0.25) is 0 Å². The van der Waals surface area contributed by atoms with Crippen molar-refractivity contribution in [2.24, 2.45) is 0 Å². The Bertz CT molecular complexity index is 477. The summed E-state index contributed by atoms with van der Waals surface area (Å²) in [6.07, 6.45) is 12.6. The molecule has 24 heavy (non-hydrogen) atoms. The topological polar surface area (TPSA) is 62.6 Å². The molecule has 0 aliphatic carbocycles. The van der Waals surface area contributed by atoms with E-state index in [0.717, 1.165) is 19.4 Å². The monoisotopic (exact) mass is 334 g/mol. The SMILES string of the molecule is CCCCCCCCCCOC(=O)/C(C#N)=C/C=C1\OCCN1C. The van der Waals surface area contributed by atoms with Gasteiger partial charge in [-0.15, -0.1) is 0 Å². The Morgan fingerprint density at radius 1 is 1.25 bits per heavy atom. The number of nitrogens with zero attached hydrogens (tertiary/aromatic N) is 2. The van der Waals surface area contributed by atoms with Crippen molar-refractivity contribution in [3.8, 4) is 6.07 Å². The Kier molecular flexibility index (Phi) is 10.4. The lowest BCUT2D eigenvalue weighted by molar-refractivity contribution is -0.138. The quantitative estimate of drug-likeness (QED) is 0.248. The van der Waals surface area contributed by atoms with Crippen molar-refractivity contribution < 1.29 is 14.3 Å². The second kappa shape index (κ2) is 12.5. The Morgan fingerprint density at radius 2 is 1.92 bits per heavy atom. The van der Waals surface area contributed by atoms with Crippen LogP contribution in [0, 0.1) is 11.3 Å². The highest BCUT2D eigenvalue weighted by Gasteiger charge is 2.14. The number of nitriles is 1. The second-order valence-corrected chi connectivity index (χ2v) is 6.08. The summed E-state index contributed by atoms with van der Waals surface area (Å²) in [7, 11) is 1.90. The number of rotatable bonds is 11.